The molecule has 1 aliphatic rings. The normalized spacial score (nSPS) is 15.8. The SMILES string of the molecule is Cc1oc(-c2ccccc2)nc1COc1ccc2cc(CC3SC(=N)NC3=O)cnc2c1. The fourth-order valence-electron chi connectivity index (χ4n) is 3.53. The highest BCUT2D eigenvalue weighted by molar-refractivity contribution is 8.15. The van der Waals surface area contributed by atoms with Gasteiger partial charge < -0.3 is 14.5 Å². The molecule has 1 fully saturated rings. The average Bonchev–Trinajstić information content (AvgIpc) is 3.33. The summed E-state index contributed by atoms with van der Waals surface area (Å²) in [6, 6.07) is 17.5. The van der Waals surface area contributed by atoms with Gasteiger partial charge in [-0.05, 0) is 49.2 Å². The van der Waals surface area contributed by atoms with Crippen molar-refractivity contribution in [3.05, 3.63) is 77.8 Å². The van der Waals surface area contributed by atoms with E-state index in [4.69, 9.17) is 14.6 Å². The lowest BCUT2D eigenvalue weighted by atomic mass is 10.1. The standard InChI is InChI=1S/C24H20N4O3S/c1-14-20(27-23(31-14)16-5-3-2-4-6-16)13-30-18-8-7-17-9-15(12-26-19(17)11-18)10-21-22(29)28-24(25)32-21/h2-9,11-12,21H,10,13H2,1H3,(H2,25,28,29). The maximum Gasteiger partial charge on any atom is 0.239 e. The molecule has 5 rings (SSSR count). The first-order valence-corrected chi connectivity index (χ1v) is 11.0. The van der Waals surface area contributed by atoms with Crippen LogP contribution < -0.4 is 10.1 Å². The molecule has 1 unspecified atom stereocenters. The summed E-state index contributed by atoms with van der Waals surface area (Å²) in [4.78, 5) is 21.0. The van der Waals surface area contributed by atoms with Crippen molar-refractivity contribution in [2.75, 3.05) is 0 Å². The number of amidine groups is 1. The Balaban J connectivity index is 1.28. The van der Waals surface area contributed by atoms with Gasteiger partial charge in [0, 0.05) is 23.2 Å². The van der Waals surface area contributed by atoms with Crippen molar-refractivity contribution in [1.29, 1.82) is 5.41 Å². The van der Waals surface area contributed by atoms with Gasteiger partial charge in [0.05, 0.1) is 10.8 Å². The number of thioether (sulfide) groups is 1. The van der Waals surface area contributed by atoms with Crippen molar-refractivity contribution in [3.8, 4) is 17.2 Å². The van der Waals surface area contributed by atoms with E-state index in [1.54, 1.807) is 6.20 Å². The largest absolute Gasteiger partial charge is 0.487 e. The molecule has 2 aromatic carbocycles. The maximum atomic E-state index is 11.9. The predicted octanol–water partition coefficient (Wildman–Crippen LogP) is 4.49. The van der Waals surface area contributed by atoms with Gasteiger partial charge in [-0.2, -0.15) is 0 Å². The number of ether oxygens (including phenoxy) is 1. The third-order valence-electron chi connectivity index (χ3n) is 5.21. The molecule has 32 heavy (non-hydrogen) atoms. The number of hydrogen-bond donors (Lipinski definition) is 2. The molecule has 2 N–H and O–H groups in total. The molecule has 2 aromatic heterocycles. The van der Waals surface area contributed by atoms with E-state index >= 15 is 0 Å². The van der Waals surface area contributed by atoms with E-state index in [1.807, 2.05) is 61.5 Å². The molecule has 7 nitrogen and oxygen atoms in total. The van der Waals surface area contributed by atoms with Crippen LogP contribution in [0.3, 0.4) is 0 Å². The van der Waals surface area contributed by atoms with Crippen LogP contribution in [-0.2, 0) is 17.8 Å². The van der Waals surface area contributed by atoms with Gasteiger partial charge in [0.2, 0.25) is 11.8 Å². The molecule has 4 aromatic rings. The summed E-state index contributed by atoms with van der Waals surface area (Å²) in [5, 5.41) is 11.0. The summed E-state index contributed by atoms with van der Waals surface area (Å²) < 4.78 is 11.7. The molecule has 3 heterocycles. The summed E-state index contributed by atoms with van der Waals surface area (Å²) in [5.41, 5.74) is 3.45. The van der Waals surface area contributed by atoms with Crippen molar-refractivity contribution in [3.63, 3.8) is 0 Å². The van der Waals surface area contributed by atoms with E-state index < -0.39 is 0 Å². The van der Waals surface area contributed by atoms with Crippen LogP contribution >= 0.6 is 11.8 Å². The predicted molar refractivity (Wildman–Crippen MR) is 124 cm³/mol. The van der Waals surface area contributed by atoms with Crippen LogP contribution in [0.1, 0.15) is 17.0 Å². The molecule has 160 valence electrons. The first kappa shape index (κ1) is 20.3. The minimum atomic E-state index is -0.282. The van der Waals surface area contributed by atoms with Crippen molar-refractivity contribution in [2.45, 2.75) is 25.2 Å². The van der Waals surface area contributed by atoms with Crippen LogP contribution in [0.2, 0.25) is 0 Å². The zero-order valence-corrected chi connectivity index (χ0v) is 18.1. The number of carbonyl (C=O) groups excluding carboxylic acids is 1. The van der Waals surface area contributed by atoms with Crippen molar-refractivity contribution in [1.82, 2.24) is 15.3 Å². The van der Waals surface area contributed by atoms with E-state index in [9.17, 15) is 4.79 Å². The Hall–Kier alpha value is -3.65. The van der Waals surface area contributed by atoms with Gasteiger partial charge in [0.1, 0.15) is 23.8 Å². The number of aromatic nitrogens is 2. The van der Waals surface area contributed by atoms with E-state index in [0.717, 1.165) is 33.5 Å². The third kappa shape index (κ3) is 4.22. The van der Waals surface area contributed by atoms with Crippen molar-refractivity contribution >= 4 is 33.7 Å². The second-order valence-corrected chi connectivity index (χ2v) is 8.72. The molecule has 1 atom stereocenters. The molecule has 1 aliphatic heterocycles. The average molecular weight is 445 g/mol. The Morgan fingerprint density at radius 1 is 1.19 bits per heavy atom. The van der Waals surface area contributed by atoms with E-state index in [2.05, 4.69) is 15.3 Å². The first-order chi connectivity index (χ1) is 15.5. The minimum Gasteiger partial charge on any atom is -0.487 e. The maximum absolute atomic E-state index is 11.9. The minimum absolute atomic E-state index is 0.123. The molecular formula is C24H20N4O3S. The van der Waals surface area contributed by atoms with Crippen LogP contribution in [0.5, 0.6) is 5.75 Å². The molecular weight excluding hydrogens is 424 g/mol. The monoisotopic (exact) mass is 444 g/mol. The molecule has 0 spiro atoms. The third-order valence-corrected chi connectivity index (χ3v) is 6.21. The van der Waals surface area contributed by atoms with Gasteiger partial charge in [0.25, 0.3) is 0 Å². The van der Waals surface area contributed by atoms with Gasteiger partial charge in [-0.1, -0.05) is 30.0 Å². The highest BCUT2D eigenvalue weighted by atomic mass is 32.2. The number of oxazole rings is 1. The number of pyridine rings is 1. The van der Waals surface area contributed by atoms with Crippen molar-refractivity contribution < 1.29 is 13.9 Å². The highest BCUT2D eigenvalue weighted by Gasteiger charge is 2.29. The van der Waals surface area contributed by atoms with Crippen LogP contribution in [0, 0.1) is 12.3 Å². The number of rotatable bonds is 6. The Kier molecular flexibility index (Phi) is 5.36. The molecule has 0 bridgehead atoms. The number of fused-ring (bicyclic) bond motifs is 1. The van der Waals surface area contributed by atoms with E-state index in [0.29, 0.717) is 24.7 Å². The number of amides is 1. The number of nitrogens with one attached hydrogen (secondary N) is 2. The highest BCUT2D eigenvalue weighted by Crippen LogP contribution is 2.26. The molecule has 0 saturated carbocycles. The quantitative estimate of drug-likeness (QED) is 0.455. The molecule has 0 radical (unpaired) electrons. The Labute approximate surface area is 188 Å². The second kappa shape index (κ2) is 8.47. The summed E-state index contributed by atoms with van der Waals surface area (Å²) in [5.74, 6) is 1.89. The zero-order chi connectivity index (χ0) is 22.1. The molecule has 1 amide bonds. The number of carbonyl (C=O) groups is 1. The first-order valence-electron chi connectivity index (χ1n) is 10.1. The number of benzene rings is 2. The van der Waals surface area contributed by atoms with Gasteiger partial charge in [-0.25, -0.2) is 4.98 Å². The van der Waals surface area contributed by atoms with E-state index in [-0.39, 0.29) is 16.3 Å². The smallest absolute Gasteiger partial charge is 0.239 e. The second-order valence-electron chi connectivity index (χ2n) is 7.50. The Morgan fingerprint density at radius 3 is 2.81 bits per heavy atom. The lowest BCUT2D eigenvalue weighted by molar-refractivity contribution is -0.118. The van der Waals surface area contributed by atoms with Gasteiger partial charge in [0.15, 0.2) is 5.17 Å². The summed E-state index contributed by atoms with van der Waals surface area (Å²) in [6.45, 7) is 2.18. The van der Waals surface area contributed by atoms with Crippen LogP contribution in [0.15, 0.2) is 65.2 Å². The number of aryl methyl sites for hydroxylation is 1. The summed E-state index contributed by atoms with van der Waals surface area (Å²) >= 11 is 1.24. The number of hydrogen-bond acceptors (Lipinski definition) is 7. The topological polar surface area (TPSA) is 101 Å². The molecule has 8 heteroatoms. The molecule has 0 aliphatic carbocycles. The van der Waals surface area contributed by atoms with Crippen LogP contribution in [0.4, 0.5) is 0 Å². The fourth-order valence-corrected chi connectivity index (χ4v) is 4.42. The lowest BCUT2D eigenvalue weighted by Crippen LogP contribution is -2.25. The Morgan fingerprint density at radius 2 is 2.03 bits per heavy atom. The zero-order valence-electron chi connectivity index (χ0n) is 17.3. The number of nitrogens with zero attached hydrogens (tertiary/aromatic N) is 2. The lowest BCUT2D eigenvalue weighted by Gasteiger charge is -2.08. The Bertz CT molecular complexity index is 1320. The van der Waals surface area contributed by atoms with Crippen molar-refractivity contribution in [2.24, 2.45) is 0 Å². The summed E-state index contributed by atoms with van der Waals surface area (Å²) in [7, 11) is 0. The van der Waals surface area contributed by atoms with Gasteiger partial charge in [-0.15, -0.1) is 0 Å². The summed E-state index contributed by atoms with van der Waals surface area (Å²) in [6.07, 6.45) is 2.31. The van der Waals surface area contributed by atoms with Gasteiger partial charge in [-0.3, -0.25) is 15.2 Å². The van der Waals surface area contributed by atoms with Crippen LogP contribution in [0.25, 0.3) is 22.4 Å². The fraction of sp³-hybridized carbons (Fsp3) is 0.167. The van der Waals surface area contributed by atoms with E-state index in [1.165, 1.54) is 11.8 Å². The molecule has 1 saturated heterocycles. The van der Waals surface area contributed by atoms with Crippen LogP contribution in [-0.4, -0.2) is 26.3 Å². The van der Waals surface area contributed by atoms with Gasteiger partial charge >= 0.3 is 0 Å².